The largest absolute Gasteiger partial charge is 0.481 e. The van der Waals surface area contributed by atoms with Gasteiger partial charge in [-0.1, -0.05) is 0 Å². The van der Waals surface area contributed by atoms with Gasteiger partial charge in [-0.3, -0.25) is 14.6 Å². The molecule has 2 N–H and O–H groups in total. The molecule has 0 radical (unpaired) electrons. The first-order chi connectivity index (χ1) is 9.54. The Balaban J connectivity index is 1.99. The molecular formula is C13H13N3O3S. The summed E-state index contributed by atoms with van der Waals surface area (Å²) in [5, 5.41) is 11.9. The Bertz CT molecular complexity index is 625. The maximum atomic E-state index is 11.8. The average molecular weight is 291 g/mol. The van der Waals surface area contributed by atoms with Crippen LogP contribution in [0.25, 0.3) is 0 Å². The molecule has 1 amide bonds. The molecular weight excluding hydrogens is 278 g/mol. The van der Waals surface area contributed by atoms with Crippen molar-refractivity contribution in [2.75, 3.05) is 5.32 Å². The van der Waals surface area contributed by atoms with E-state index in [1.54, 1.807) is 31.5 Å². The number of hydrogen-bond acceptors (Lipinski definition) is 5. The number of nitrogens with one attached hydrogen (secondary N) is 1. The lowest BCUT2D eigenvalue weighted by Gasteiger charge is -2.01. The Kier molecular flexibility index (Phi) is 4.41. The van der Waals surface area contributed by atoms with Gasteiger partial charge in [0.25, 0.3) is 0 Å². The Hall–Kier alpha value is -2.28. The maximum absolute atomic E-state index is 11.8. The summed E-state index contributed by atoms with van der Waals surface area (Å²) >= 11 is 1.19. The third-order valence-electron chi connectivity index (χ3n) is 2.56. The fraction of sp³-hybridized carbons (Fsp3) is 0.231. The van der Waals surface area contributed by atoms with Crippen LogP contribution in [0.15, 0.2) is 24.5 Å². The van der Waals surface area contributed by atoms with E-state index in [0.29, 0.717) is 15.7 Å². The average Bonchev–Trinajstić information content (AvgIpc) is 2.69. The summed E-state index contributed by atoms with van der Waals surface area (Å²) in [6, 6.07) is 3.53. The predicted octanol–water partition coefficient (Wildman–Crippen LogP) is 1.65. The van der Waals surface area contributed by atoms with Crippen LogP contribution in [0.4, 0.5) is 5.13 Å². The second kappa shape index (κ2) is 6.25. The molecule has 2 rings (SSSR count). The Morgan fingerprint density at radius 3 is 2.65 bits per heavy atom. The third kappa shape index (κ3) is 3.86. The molecule has 0 saturated heterocycles. The monoisotopic (exact) mass is 291 g/mol. The zero-order valence-corrected chi connectivity index (χ0v) is 11.6. The molecule has 0 aliphatic rings. The highest BCUT2D eigenvalue weighted by atomic mass is 32.1. The van der Waals surface area contributed by atoms with Crippen molar-refractivity contribution in [2.24, 2.45) is 0 Å². The van der Waals surface area contributed by atoms with Gasteiger partial charge in [0.15, 0.2) is 5.13 Å². The number of carbonyl (C=O) groups excluding carboxylic acids is 1. The van der Waals surface area contributed by atoms with E-state index >= 15 is 0 Å². The van der Waals surface area contributed by atoms with Crippen LogP contribution in [0.2, 0.25) is 0 Å². The zero-order chi connectivity index (χ0) is 14.5. The molecule has 0 bridgehead atoms. The number of rotatable bonds is 5. The van der Waals surface area contributed by atoms with Crippen LogP contribution in [-0.2, 0) is 22.4 Å². The van der Waals surface area contributed by atoms with E-state index in [9.17, 15) is 9.59 Å². The minimum Gasteiger partial charge on any atom is -0.481 e. The van der Waals surface area contributed by atoms with Crippen molar-refractivity contribution in [3.05, 3.63) is 40.7 Å². The van der Waals surface area contributed by atoms with Crippen molar-refractivity contribution in [3.63, 3.8) is 0 Å². The Labute approximate surface area is 119 Å². The van der Waals surface area contributed by atoms with Crippen LogP contribution < -0.4 is 5.32 Å². The second-order valence-corrected chi connectivity index (χ2v) is 5.26. The van der Waals surface area contributed by atoms with E-state index in [1.165, 1.54) is 11.3 Å². The number of hydrogen-bond donors (Lipinski definition) is 2. The van der Waals surface area contributed by atoms with Crippen molar-refractivity contribution in [3.8, 4) is 0 Å². The first-order valence-electron chi connectivity index (χ1n) is 5.91. The predicted molar refractivity (Wildman–Crippen MR) is 74.8 cm³/mol. The molecule has 0 aromatic carbocycles. The summed E-state index contributed by atoms with van der Waals surface area (Å²) in [4.78, 5) is 31.2. The van der Waals surface area contributed by atoms with Crippen LogP contribution in [0.5, 0.6) is 0 Å². The first-order valence-corrected chi connectivity index (χ1v) is 6.73. The minimum absolute atomic E-state index is 0.0796. The van der Waals surface area contributed by atoms with Gasteiger partial charge in [-0.05, 0) is 24.6 Å². The molecule has 0 spiro atoms. The molecule has 0 saturated carbocycles. The van der Waals surface area contributed by atoms with Crippen molar-refractivity contribution in [2.45, 2.75) is 19.8 Å². The topological polar surface area (TPSA) is 92.2 Å². The summed E-state index contributed by atoms with van der Waals surface area (Å²) in [7, 11) is 0. The van der Waals surface area contributed by atoms with Crippen LogP contribution in [0.3, 0.4) is 0 Å². The number of aliphatic carboxylic acids is 1. The van der Waals surface area contributed by atoms with Gasteiger partial charge in [-0.25, -0.2) is 4.98 Å². The standard InChI is InChI=1S/C13H13N3O3S/c1-8-10(7-12(18)19)20-13(15-8)16-11(17)6-9-2-4-14-5-3-9/h2-5H,6-7H2,1H3,(H,18,19)(H,15,16,17). The van der Waals surface area contributed by atoms with E-state index in [4.69, 9.17) is 5.11 Å². The number of pyridine rings is 1. The highest BCUT2D eigenvalue weighted by Crippen LogP contribution is 2.23. The Morgan fingerprint density at radius 1 is 1.30 bits per heavy atom. The molecule has 2 aromatic heterocycles. The van der Waals surface area contributed by atoms with Crippen molar-refractivity contribution < 1.29 is 14.7 Å². The number of anilines is 1. The maximum Gasteiger partial charge on any atom is 0.308 e. The van der Waals surface area contributed by atoms with E-state index in [-0.39, 0.29) is 18.7 Å². The van der Waals surface area contributed by atoms with E-state index in [2.05, 4.69) is 15.3 Å². The summed E-state index contributed by atoms with van der Waals surface area (Å²) in [5.41, 5.74) is 1.49. The van der Waals surface area contributed by atoms with Gasteiger partial charge in [-0.15, -0.1) is 11.3 Å². The van der Waals surface area contributed by atoms with Crippen LogP contribution in [0.1, 0.15) is 16.1 Å². The molecule has 104 valence electrons. The van der Waals surface area contributed by atoms with Gasteiger partial charge in [0, 0.05) is 17.3 Å². The molecule has 7 heteroatoms. The van der Waals surface area contributed by atoms with Crippen molar-refractivity contribution in [1.82, 2.24) is 9.97 Å². The van der Waals surface area contributed by atoms with E-state index in [0.717, 1.165) is 5.56 Å². The molecule has 0 unspecified atom stereocenters. The number of thiazole rings is 1. The van der Waals surface area contributed by atoms with Crippen LogP contribution in [-0.4, -0.2) is 27.0 Å². The molecule has 0 fully saturated rings. The Morgan fingerprint density at radius 2 is 2.00 bits per heavy atom. The zero-order valence-electron chi connectivity index (χ0n) is 10.8. The SMILES string of the molecule is Cc1nc(NC(=O)Cc2ccncc2)sc1CC(=O)O. The fourth-order valence-electron chi connectivity index (χ4n) is 1.63. The lowest BCUT2D eigenvalue weighted by Crippen LogP contribution is -2.14. The number of aryl methyl sites for hydroxylation is 1. The highest BCUT2D eigenvalue weighted by Gasteiger charge is 2.13. The number of amides is 1. The summed E-state index contributed by atoms with van der Waals surface area (Å²) in [5.74, 6) is -1.10. The molecule has 6 nitrogen and oxygen atoms in total. The van der Waals surface area contributed by atoms with Crippen LogP contribution in [0, 0.1) is 6.92 Å². The third-order valence-corrected chi connectivity index (χ3v) is 3.64. The lowest BCUT2D eigenvalue weighted by atomic mass is 10.2. The molecule has 2 heterocycles. The van der Waals surface area contributed by atoms with Gasteiger partial charge in [0.2, 0.25) is 5.91 Å². The van der Waals surface area contributed by atoms with Crippen LogP contribution >= 0.6 is 11.3 Å². The second-order valence-electron chi connectivity index (χ2n) is 4.18. The minimum atomic E-state index is -0.911. The molecule has 0 aliphatic heterocycles. The molecule has 20 heavy (non-hydrogen) atoms. The van der Waals surface area contributed by atoms with Gasteiger partial charge >= 0.3 is 5.97 Å². The van der Waals surface area contributed by atoms with Gasteiger partial charge < -0.3 is 10.4 Å². The summed E-state index contributed by atoms with van der Waals surface area (Å²) in [6.45, 7) is 1.73. The number of aromatic nitrogens is 2. The van der Waals surface area contributed by atoms with Crippen molar-refractivity contribution >= 4 is 28.3 Å². The highest BCUT2D eigenvalue weighted by molar-refractivity contribution is 7.16. The number of nitrogens with zero attached hydrogens (tertiary/aromatic N) is 2. The van der Waals surface area contributed by atoms with Gasteiger partial charge in [-0.2, -0.15) is 0 Å². The quantitative estimate of drug-likeness (QED) is 0.874. The van der Waals surface area contributed by atoms with E-state index in [1.807, 2.05) is 0 Å². The van der Waals surface area contributed by atoms with Crippen molar-refractivity contribution in [1.29, 1.82) is 0 Å². The normalized spacial score (nSPS) is 10.2. The molecule has 0 aliphatic carbocycles. The smallest absolute Gasteiger partial charge is 0.308 e. The summed E-state index contributed by atoms with van der Waals surface area (Å²) < 4.78 is 0. The first kappa shape index (κ1) is 14.1. The lowest BCUT2D eigenvalue weighted by molar-refractivity contribution is -0.136. The molecule has 2 aromatic rings. The number of carboxylic acids is 1. The summed E-state index contributed by atoms with van der Waals surface area (Å²) in [6.07, 6.45) is 3.40. The fourth-order valence-corrected chi connectivity index (χ4v) is 2.60. The number of carboxylic acid groups (broad SMARTS) is 1. The molecule has 0 atom stereocenters. The van der Waals surface area contributed by atoms with Gasteiger partial charge in [0.05, 0.1) is 18.5 Å². The van der Waals surface area contributed by atoms with Gasteiger partial charge in [0.1, 0.15) is 0 Å². The number of carbonyl (C=O) groups is 2. The van der Waals surface area contributed by atoms with E-state index < -0.39 is 5.97 Å².